The van der Waals surface area contributed by atoms with Crippen LogP contribution in [0.3, 0.4) is 0 Å². The number of hydrogen-bond donors (Lipinski definition) is 3. The Morgan fingerprint density at radius 2 is 2.21 bits per heavy atom. The van der Waals surface area contributed by atoms with Crippen molar-refractivity contribution < 1.29 is 19.3 Å². The van der Waals surface area contributed by atoms with E-state index in [0.29, 0.717) is 12.0 Å². The molecule has 4 atom stereocenters. The van der Waals surface area contributed by atoms with E-state index in [1.54, 1.807) is 6.92 Å². The number of rotatable bonds is 3. The van der Waals surface area contributed by atoms with Gasteiger partial charge in [-0.05, 0) is 6.42 Å². The minimum Gasteiger partial charge on any atom is -0.394 e. The Balaban J connectivity index is 2.43. The van der Waals surface area contributed by atoms with Gasteiger partial charge >= 0.3 is 5.69 Å². The quantitative estimate of drug-likeness (QED) is 0.634. The van der Waals surface area contributed by atoms with Gasteiger partial charge in [-0.3, -0.25) is 14.3 Å². The smallest absolute Gasteiger partial charge is 0.330 e. The summed E-state index contributed by atoms with van der Waals surface area (Å²) in [5.41, 5.74) is -1.05. The number of alkyl halides is 1. The highest BCUT2D eigenvalue weighted by molar-refractivity contribution is 5.05. The Bertz CT molecular complexity index is 569. The molecule has 0 saturated carbocycles. The average molecular weight is 274 g/mol. The van der Waals surface area contributed by atoms with Gasteiger partial charge in [-0.15, -0.1) is 0 Å². The van der Waals surface area contributed by atoms with E-state index in [0.717, 1.165) is 4.57 Å². The van der Waals surface area contributed by atoms with E-state index < -0.39 is 42.5 Å². The fourth-order valence-electron chi connectivity index (χ4n) is 2.05. The first-order valence-corrected chi connectivity index (χ1v) is 5.92. The molecule has 1 aromatic rings. The Kier molecular flexibility index (Phi) is 3.83. The molecule has 19 heavy (non-hydrogen) atoms. The maximum atomic E-state index is 13.9. The van der Waals surface area contributed by atoms with Crippen LogP contribution in [0.15, 0.2) is 15.8 Å². The summed E-state index contributed by atoms with van der Waals surface area (Å²) in [5, 5.41) is 18.5. The van der Waals surface area contributed by atoms with Gasteiger partial charge in [0.15, 0.2) is 12.4 Å². The summed E-state index contributed by atoms with van der Waals surface area (Å²) in [4.78, 5) is 25.1. The highest BCUT2D eigenvalue weighted by Gasteiger charge is 2.45. The van der Waals surface area contributed by atoms with E-state index in [-0.39, 0.29) is 0 Å². The van der Waals surface area contributed by atoms with Crippen molar-refractivity contribution in [3.05, 3.63) is 32.6 Å². The molecule has 0 unspecified atom stereocenters. The monoisotopic (exact) mass is 274 g/mol. The fraction of sp³-hybridized carbons (Fsp3) is 0.636. The summed E-state index contributed by atoms with van der Waals surface area (Å²) in [6.07, 6.45) is -4.24. The van der Waals surface area contributed by atoms with E-state index in [4.69, 9.17) is 9.84 Å². The molecular weight excluding hydrogens is 259 g/mol. The minimum atomic E-state index is -1.86. The highest BCUT2D eigenvalue weighted by atomic mass is 19.1. The molecule has 7 nitrogen and oxygen atoms in total. The van der Waals surface area contributed by atoms with Gasteiger partial charge in [-0.1, -0.05) is 6.92 Å². The summed E-state index contributed by atoms with van der Waals surface area (Å²) in [6, 6.07) is 0. The third-order valence-corrected chi connectivity index (χ3v) is 3.17. The molecule has 8 heteroatoms. The van der Waals surface area contributed by atoms with Crippen LogP contribution in [0.1, 0.15) is 18.7 Å². The number of nitrogens with one attached hydrogen (secondary N) is 1. The minimum absolute atomic E-state index is 0.303. The van der Waals surface area contributed by atoms with Crippen LogP contribution in [0, 0.1) is 0 Å². The van der Waals surface area contributed by atoms with Crippen LogP contribution in [-0.2, 0) is 11.2 Å². The van der Waals surface area contributed by atoms with E-state index in [2.05, 4.69) is 4.98 Å². The van der Waals surface area contributed by atoms with Crippen LogP contribution in [0.4, 0.5) is 4.39 Å². The molecule has 0 aromatic carbocycles. The van der Waals surface area contributed by atoms with Crippen LogP contribution in [-0.4, -0.2) is 44.8 Å². The number of ether oxygens (including phenoxy) is 1. The second-order valence-electron chi connectivity index (χ2n) is 4.36. The predicted molar refractivity (Wildman–Crippen MR) is 62.6 cm³/mol. The number of nitrogens with zero attached hydrogens (tertiary/aromatic N) is 1. The summed E-state index contributed by atoms with van der Waals surface area (Å²) >= 11 is 0. The number of halogens is 1. The van der Waals surface area contributed by atoms with Gasteiger partial charge in [0.2, 0.25) is 0 Å². The average Bonchev–Trinajstić information content (AvgIpc) is 2.67. The maximum absolute atomic E-state index is 13.9. The molecule has 1 aromatic heterocycles. The molecule has 106 valence electrons. The number of aromatic nitrogens is 2. The Morgan fingerprint density at radius 1 is 1.53 bits per heavy atom. The SMILES string of the molecule is CCc1cn([C@@H]2O[C@H](CO)[C@@H](O)[C@H]2F)c(=O)[nH]c1=O. The second kappa shape index (κ2) is 5.24. The molecule has 2 rings (SSSR count). The van der Waals surface area contributed by atoms with E-state index in [1.165, 1.54) is 6.20 Å². The second-order valence-corrected chi connectivity index (χ2v) is 4.36. The lowest BCUT2D eigenvalue weighted by molar-refractivity contribution is -0.0492. The molecule has 0 aliphatic carbocycles. The Hall–Kier alpha value is -1.51. The predicted octanol–water partition coefficient (Wildman–Crippen LogP) is -1.31. The third-order valence-electron chi connectivity index (χ3n) is 3.17. The van der Waals surface area contributed by atoms with Gasteiger partial charge in [0, 0.05) is 11.8 Å². The number of aromatic amines is 1. The molecule has 0 amide bonds. The molecule has 1 aliphatic heterocycles. The summed E-state index contributed by atoms with van der Waals surface area (Å²) < 4.78 is 19.9. The molecule has 2 heterocycles. The van der Waals surface area contributed by atoms with Crippen LogP contribution < -0.4 is 11.2 Å². The van der Waals surface area contributed by atoms with Crippen molar-refractivity contribution in [3.63, 3.8) is 0 Å². The van der Waals surface area contributed by atoms with E-state index in [9.17, 15) is 19.1 Å². The highest BCUT2D eigenvalue weighted by Crippen LogP contribution is 2.30. The molecule has 1 saturated heterocycles. The Labute approximate surface area is 107 Å². The van der Waals surface area contributed by atoms with Crippen molar-refractivity contribution in [2.45, 2.75) is 38.0 Å². The summed E-state index contributed by atoms with van der Waals surface area (Å²) in [5.74, 6) is 0. The number of H-pyrrole nitrogens is 1. The van der Waals surface area contributed by atoms with Gasteiger partial charge in [0.05, 0.1) is 6.61 Å². The number of aliphatic hydroxyl groups excluding tert-OH is 2. The first-order chi connectivity index (χ1) is 8.99. The lowest BCUT2D eigenvalue weighted by Gasteiger charge is -2.16. The van der Waals surface area contributed by atoms with Gasteiger partial charge < -0.3 is 14.9 Å². The first kappa shape index (κ1) is 13.9. The summed E-state index contributed by atoms with van der Waals surface area (Å²) in [7, 11) is 0. The zero-order chi connectivity index (χ0) is 14.2. The molecular formula is C11H15FN2O5. The number of hydrogen-bond acceptors (Lipinski definition) is 5. The lowest BCUT2D eigenvalue weighted by Crippen LogP contribution is -2.37. The van der Waals surface area contributed by atoms with Gasteiger partial charge in [-0.2, -0.15) is 0 Å². The van der Waals surface area contributed by atoms with E-state index >= 15 is 0 Å². The standard InChI is InChI=1S/C11H15FN2O5/c1-2-5-3-14(11(18)13-9(5)17)10-7(12)8(16)6(4-15)19-10/h3,6-8,10,15-16H,2,4H2,1H3,(H,13,17,18)/t6-,7-,8-,10-/m1/s1. The van der Waals surface area contributed by atoms with Gasteiger partial charge in [0.1, 0.15) is 12.2 Å². The fourth-order valence-corrected chi connectivity index (χ4v) is 2.05. The normalized spacial score (nSPS) is 30.7. The molecule has 3 N–H and O–H groups in total. The topological polar surface area (TPSA) is 105 Å². The van der Waals surface area contributed by atoms with Crippen molar-refractivity contribution in [1.29, 1.82) is 0 Å². The lowest BCUT2D eigenvalue weighted by atomic mass is 10.1. The van der Waals surface area contributed by atoms with Crippen LogP contribution in [0.25, 0.3) is 0 Å². The van der Waals surface area contributed by atoms with Crippen molar-refractivity contribution in [1.82, 2.24) is 9.55 Å². The largest absolute Gasteiger partial charge is 0.394 e. The van der Waals surface area contributed by atoms with Crippen LogP contribution >= 0.6 is 0 Å². The van der Waals surface area contributed by atoms with Crippen molar-refractivity contribution >= 4 is 0 Å². The molecule has 0 spiro atoms. The first-order valence-electron chi connectivity index (χ1n) is 5.92. The van der Waals surface area contributed by atoms with Gasteiger partial charge in [0.25, 0.3) is 5.56 Å². The van der Waals surface area contributed by atoms with Crippen molar-refractivity contribution in [3.8, 4) is 0 Å². The van der Waals surface area contributed by atoms with Gasteiger partial charge in [-0.25, -0.2) is 9.18 Å². The van der Waals surface area contributed by atoms with E-state index in [1.807, 2.05) is 0 Å². The van der Waals surface area contributed by atoms with Crippen LogP contribution in [0.5, 0.6) is 0 Å². The summed E-state index contributed by atoms with van der Waals surface area (Å²) in [6.45, 7) is 1.16. The molecule has 1 aliphatic rings. The molecule has 1 fully saturated rings. The third kappa shape index (κ3) is 2.34. The molecule has 0 bridgehead atoms. The zero-order valence-electron chi connectivity index (χ0n) is 10.2. The zero-order valence-corrected chi connectivity index (χ0v) is 10.2. The number of aryl methyl sites for hydroxylation is 1. The van der Waals surface area contributed by atoms with Crippen molar-refractivity contribution in [2.75, 3.05) is 6.61 Å². The molecule has 0 radical (unpaired) electrons. The number of aliphatic hydroxyl groups is 2. The Morgan fingerprint density at radius 3 is 2.74 bits per heavy atom. The van der Waals surface area contributed by atoms with Crippen molar-refractivity contribution in [2.24, 2.45) is 0 Å². The van der Waals surface area contributed by atoms with Crippen LogP contribution in [0.2, 0.25) is 0 Å². The maximum Gasteiger partial charge on any atom is 0.330 e.